The van der Waals surface area contributed by atoms with E-state index < -0.39 is 61.9 Å². The molecule has 12 nitrogen and oxygen atoms in total. The molecule has 5 N–H and O–H groups in total. The molecule has 3 fully saturated rings. The van der Waals surface area contributed by atoms with Crippen LogP contribution in [-0.4, -0.2) is 83.6 Å². The van der Waals surface area contributed by atoms with Crippen molar-refractivity contribution in [2.24, 2.45) is 5.73 Å². The van der Waals surface area contributed by atoms with Crippen LogP contribution >= 0.6 is 0 Å². The van der Waals surface area contributed by atoms with Crippen molar-refractivity contribution in [1.82, 2.24) is 20.9 Å². The molecule has 0 aromatic heterocycles. The average molecular weight is 640 g/mol. The molecule has 1 saturated carbocycles. The fourth-order valence-corrected chi connectivity index (χ4v) is 8.12. The zero-order chi connectivity index (χ0) is 32.5. The first-order valence-corrected chi connectivity index (χ1v) is 18.1. The molecule has 0 radical (unpaired) electrons. The number of Topliss-reactive ketones (excluding diaryl/α,β-unsaturated/α-hetero) is 1. The van der Waals surface area contributed by atoms with Crippen LogP contribution in [0.15, 0.2) is 0 Å². The summed E-state index contributed by atoms with van der Waals surface area (Å²) in [5, 5.41) is 8.52. The van der Waals surface area contributed by atoms with E-state index in [1.807, 2.05) is 0 Å². The van der Waals surface area contributed by atoms with Gasteiger partial charge in [0.1, 0.15) is 12.1 Å². The van der Waals surface area contributed by atoms with E-state index in [9.17, 15) is 32.4 Å². The summed E-state index contributed by atoms with van der Waals surface area (Å²) >= 11 is 0. The van der Waals surface area contributed by atoms with Gasteiger partial charge in [0.15, 0.2) is 9.84 Å². The van der Waals surface area contributed by atoms with Gasteiger partial charge in [-0.1, -0.05) is 64.2 Å². The minimum Gasteiger partial charge on any atom is -0.363 e. The molecular formula is C31H53N5O7S. The predicted molar refractivity (Wildman–Crippen MR) is 167 cm³/mol. The van der Waals surface area contributed by atoms with Crippen LogP contribution in [0.25, 0.3) is 0 Å². The number of nitrogens with zero attached hydrogens (tertiary/aromatic N) is 1. The Bertz CT molecular complexity index is 1160. The van der Waals surface area contributed by atoms with Gasteiger partial charge < -0.3 is 26.6 Å². The summed E-state index contributed by atoms with van der Waals surface area (Å²) < 4.78 is 25.4. The number of carbonyl (C=O) groups is 5. The van der Waals surface area contributed by atoms with Gasteiger partial charge in [-0.3, -0.25) is 19.2 Å². The average Bonchev–Trinajstić information content (AvgIpc) is 3.43. The van der Waals surface area contributed by atoms with E-state index >= 15 is 0 Å². The van der Waals surface area contributed by atoms with Crippen LogP contribution in [0.5, 0.6) is 0 Å². The number of rotatable bonds is 6. The van der Waals surface area contributed by atoms with Crippen molar-refractivity contribution in [3.63, 3.8) is 0 Å². The molecule has 0 bridgehead atoms. The van der Waals surface area contributed by atoms with Crippen molar-refractivity contribution in [2.75, 3.05) is 12.3 Å². The normalized spacial score (nSPS) is 26.2. The summed E-state index contributed by atoms with van der Waals surface area (Å²) in [6.07, 6.45) is 11.2. The Hall–Kier alpha value is -2.70. The largest absolute Gasteiger partial charge is 0.363 e. The van der Waals surface area contributed by atoms with Crippen LogP contribution in [0.1, 0.15) is 124 Å². The van der Waals surface area contributed by atoms with Crippen molar-refractivity contribution in [3.05, 3.63) is 0 Å². The molecule has 5 amide bonds. The maximum Gasteiger partial charge on any atom is 0.315 e. The molecule has 1 aliphatic carbocycles. The molecule has 0 spiro atoms. The van der Waals surface area contributed by atoms with E-state index in [4.69, 9.17) is 5.73 Å². The summed E-state index contributed by atoms with van der Waals surface area (Å²) in [5.74, 6) is -3.03. The van der Waals surface area contributed by atoms with E-state index in [2.05, 4.69) is 16.0 Å². The number of hydrogen-bond acceptors (Lipinski definition) is 7. The van der Waals surface area contributed by atoms with Gasteiger partial charge >= 0.3 is 6.03 Å². The highest BCUT2D eigenvalue weighted by atomic mass is 32.2. The molecule has 0 aromatic carbocycles. The Morgan fingerprint density at radius 3 is 2.05 bits per heavy atom. The number of nitrogens with two attached hydrogens (primary N) is 1. The van der Waals surface area contributed by atoms with Crippen molar-refractivity contribution >= 4 is 39.4 Å². The Morgan fingerprint density at radius 2 is 1.45 bits per heavy atom. The van der Waals surface area contributed by atoms with Gasteiger partial charge in [0, 0.05) is 6.54 Å². The van der Waals surface area contributed by atoms with Gasteiger partial charge in [0.2, 0.25) is 17.6 Å². The van der Waals surface area contributed by atoms with Crippen molar-refractivity contribution in [2.45, 2.75) is 152 Å². The minimum atomic E-state index is -3.53. The lowest BCUT2D eigenvalue weighted by Gasteiger charge is -2.40. The number of primary amides is 1. The van der Waals surface area contributed by atoms with Crippen molar-refractivity contribution in [1.29, 1.82) is 0 Å². The summed E-state index contributed by atoms with van der Waals surface area (Å²) in [7, 11) is -3.53. The predicted octanol–water partition coefficient (Wildman–Crippen LogP) is 2.63. The SMILES string of the molecule is CC(C)(C)S(=O)(=O)CC1(NC(=O)N[C@H]2CCCCCCCCC[C@@H](C(=O)C(N)=O)NC(=O)[C@@H]3CCCN3C2=O)CCCCC1. The van der Waals surface area contributed by atoms with Gasteiger partial charge in [-0.05, 0) is 59.3 Å². The Labute approximate surface area is 262 Å². The highest BCUT2D eigenvalue weighted by Crippen LogP contribution is 2.32. The van der Waals surface area contributed by atoms with Crippen molar-refractivity contribution < 1.29 is 32.4 Å². The first kappa shape index (κ1) is 35.8. The molecule has 0 unspecified atom stereocenters. The van der Waals surface area contributed by atoms with Gasteiger partial charge in [0.05, 0.1) is 22.1 Å². The third-order valence-electron chi connectivity index (χ3n) is 9.39. The lowest BCUT2D eigenvalue weighted by Crippen LogP contribution is -2.61. The van der Waals surface area contributed by atoms with Crippen LogP contribution in [0, 0.1) is 0 Å². The monoisotopic (exact) mass is 639 g/mol. The molecule has 250 valence electrons. The molecule has 3 atom stereocenters. The Kier molecular flexibility index (Phi) is 12.6. The van der Waals surface area contributed by atoms with Crippen LogP contribution in [0.3, 0.4) is 0 Å². The first-order chi connectivity index (χ1) is 20.7. The number of nitrogens with one attached hydrogen (secondary N) is 3. The van der Waals surface area contributed by atoms with Crippen LogP contribution in [0.4, 0.5) is 4.79 Å². The first-order valence-electron chi connectivity index (χ1n) is 16.4. The topological polar surface area (TPSA) is 185 Å². The fourth-order valence-electron chi connectivity index (χ4n) is 6.60. The van der Waals surface area contributed by atoms with Gasteiger partial charge in [-0.2, -0.15) is 0 Å². The van der Waals surface area contributed by atoms with Crippen molar-refractivity contribution in [3.8, 4) is 0 Å². The van der Waals surface area contributed by atoms with Gasteiger partial charge in [0.25, 0.3) is 5.91 Å². The molecule has 0 aromatic rings. The second-order valence-electron chi connectivity index (χ2n) is 13.9. The number of carbonyl (C=O) groups excluding carboxylic acids is 5. The van der Waals surface area contributed by atoms with Gasteiger partial charge in [-0.15, -0.1) is 0 Å². The molecule has 13 heteroatoms. The number of ketones is 1. The zero-order valence-corrected chi connectivity index (χ0v) is 27.6. The lowest BCUT2D eigenvalue weighted by molar-refractivity contribution is -0.142. The highest BCUT2D eigenvalue weighted by Gasteiger charge is 2.43. The van der Waals surface area contributed by atoms with Crippen LogP contribution < -0.4 is 21.7 Å². The van der Waals surface area contributed by atoms with Crippen LogP contribution in [-0.2, 0) is 29.0 Å². The number of hydrogen-bond donors (Lipinski definition) is 4. The quantitative estimate of drug-likeness (QED) is 0.322. The highest BCUT2D eigenvalue weighted by molar-refractivity contribution is 7.92. The fraction of sp³-hybridized carbons (Fsp3) is 0.839. The molecule has 3 rings (SSSR count). The van der Waals surface area contributed by atoms with Gasteiger partial charge in [-0.25, -0.2) is 13.2 Å². The Morgan fingerprint density at radius 1 is 0.886 bits per heavy atom. The van der Waals surface area contributed by atoms with E-state index in [0.717, 1.165) is 51.4 Å². The van der Waals surface area contributed by atoms with E-state index in [0.29, 0.717) is 57.9 Å². The molecule has 2 aliphatic heterocycles. The third kappa shape index (κ3) is 9.65. The summed E-state index contributed by atoms with van der Waals surface area (Å²) in [5.41, 5.74) is 4.33. The third-order valence-corrected chi connectivity index (χ3v) is 12.2. The Balaban J connectivity index is 1.80. The molecule has 3 aliphatic rings. The maximum atomic E-state index is 13.9. The standard InChI is InChI=1S/C31H53N5O7S/c1-30(2,3)44(42,43)21-31(18-12-9-13-19-31)35-29(41)34-23-16-11-8-6-4-5-7-10-15-22(25(37)26(32)38)33-27(39)24-17-14-20-36(24)28(23)40/h22-24H,4-21H2,1-3H3,(H2,32,38)(H,33,39)(H2,34,35,41)/t22-,23-,24-/m0/s1. The second-order valence-corrected chi connectivity index (χ2v) is 16.6. The summed E-state index contributed by atoms with van der Waals surface area (Å²) in [6.45, 7) is 5.29. The second kappa shape index (κ2) is 15.5. The lowest BCUT2D eigenvalue weighted by atomic mass is 9.83. The maximum absolute atomic E-state index is 13.9. The number of fused-ring (bicyclic) bond motifs is 1. The molecule has 2 saturated heterocycles. The van der Waals surface area contributed by atoms with E-state index in [1.165, 1.54) is 4.90 Å². The van der Waals surface area contributed by atoms with Crippen LogP contribution in [0.2, 0.25) is 0 Å². The smallest absolute Gasteiger partial charge is 0.315 e. The summed E-state index contributed by atoms with van der Waals surface area (Å²) in [6, 6.07) is -3.37. The number of amides is 5. The van der Waals surface area contributed by atoms with E-state index in [-0.39, 0.29) is 11.7 Å². The summed E-state index contributed by atoms with van der Waals surface area (Å²) in [4.78, 5) is 66.4. The van der Waals surface area contributed by atoms with E-state index in [1.54, 1.807) is 20.8 Å². The molecule has 44 heavy (non-hydrogen) atoms. The molecule has 2 heterocycles. The number of sulfone groups is 1. The minimum absolute atomic E-state index is 0.172. The molecular weight excluding hydrogens is 586 g/mol. The number of urea groups is 1. The zero-order valence-electron chi connectivity index (χ0n) is 26.8.